The minimum Gasteiger partial charge on any atom is -0.309 e. The van der Waals surface area contributed by atoms with Gasteiger partial charge in [-0.25, -0.2) is 0 Å². The molecule has 0 aliphatic heterocycles. The van der Waals surface area contributed by atoms with E-state index in [1.807, 2.05) is 72.8 Å². The van der Waals surface area contributed by atoms with Crippen LogP contribution in [0.15, 0.2) is 152 Å². The summed E-state index contributed by atoms with van der Waals surface area (Å²) in [6.45, 7) is 0. The zero-order valence-electron chi connectivity index (χ0n) is 26.7. The van der Waals surface area contributed by atoms with Crippen molar-refractivity contribution in [3.63, 3.8) is 0 Å². The standard InChI is InChI=1S/C45H25N5/c46-26-29-20-21-44-39(23-29)38-16-5-6-17-41(38)49(44)33-11-9-10-31(25-33)34-12-1-2-13-35(34)40-24-30(27-47)22-32(28-48)45(40)50-42-18-7-3-14-36(42)37-15-4-8-19-43(37)50/h1-25H. The molecule has 0 fully saturated rings. The van der Waals surface area contributed by atoms with Crippen LogP contribution in [0, 0.1) is 34.0 Å². The van der Waals surface area contributed by atoms with Gasteiger partial charge in [-0.1, -0.05) is 91.0 Å². The molecule has 0 saturated heterocycles. The second-order valence-corrected chi connectivity index (χ2v) is 12.3. The van der Waals surface area contributed by atoms with Crippen molar-refractivity contribution < 1.29 is 0 Å². The van der Waals surface area contributed by atoms with E-state index in [9.17, 15) is 15.8 Å². The first-order valence-corrected chi connectivity index (χ1v) is 16.3. The van der Waals surface area contributed by atoms with Crippen LogP contribution >= 0.6 is 0 Å². The molecular formula is C45H25N5. The van der Waals surface area contributed by atoms with Gasteiger partial charge in [0.25, 0.3) is 0 Å². The number of benzene rings is 7. The van der Waals surface area contributed by atoms with E-state index in [1.54, 1.807) is 6.07 Å². The highest BCUT2D eigenvalue weighted by Gasteiger charge is 2.22. The minimum absolute atomic E-state index is 0.423. The Labute approximate surface area is 287 Å². The first-order valence-electron chi connectivity index (χ1n) is 16.3. The number of nitrogens with zero attached hydrogens (tertiary/aromatic N) is 5. The van der Waals surface area contributed by atoms with Gasteiger partial charge in [0.2, 0.25) is 0 Å². The molecule has 9 rings (SSSR count). The summed E-state index contributed by atoms with van der Waals surface area (Å²) in [7, 11) is 0. The van der Waals surface area contributed by atoms with Gasteiger partial charge in [-0.3, -0.25) is 0 Å². The quantitative estimate of drug-likeness (QED) is 0.193. The molecule has 7 aromatic carbocycles. The summed E-state index contributed by atoms with van der Waals surface area (Å²) in [5.74, 6) is 0. The molecule has 5 heteroatoms. The summed E-state index contributed by atoms with van der Waals surface area (Å²) in [5, 5.41) is 34.7. The van der Waals surface area contributed by atoms with Crippen LogP contribution in [-0.2, 0) is 0 Å². The molecule has 0 N–H and O–H groups in total. The summed E-state index contributed by atoms with van der Waals surface area (Å²) in [5.41, 5.74) is 10.9. The van der Waals surface area contributed by atoms with E-state index >= 15 is 0 Å². The Hall–Kier alpha value is -7.39. The fraction of sp³-hybridized carbons (Fsp3) is 0. The molecule has 0 unspecified atom stereocenters. The van der Waals surface area contributed by atoms with Gasteiger partial charge in [-0.2, -0.15) is 15.8 Å². The van der Waals surface area contributed by atoms with E-state index in [1.165, 1.54) is 0 Å². The largest absolute Gasteiger partial charge is 0.309 e. The average molecular weight is 636 g/mol. The van der Waals surface area contributed by atoms with Gasteiger partial charge >= 0.3 is 0 Å². The maximum Gasteiger partial charge on any atom is 0.101 e. The third kappa shape index (κ3) is 4.31. The monoisotopic (exact) mass is 635 g/mol. The van der Waals surface area contributed by atoms with Crippen molar-refractivity contribution in [2.75, 3.05) is 0 Å². The molecule has 0 bridgehead atoms. The highest BCUT2D eigenvalue weighted by Crippen LogP contribution is 2.42. The molecule has 9 aromatic rings. The maximum absolute atomic E-state index is 10.6. The summed E-state index contributed by atoms with van der Waals surface area (Å²) in [6, 6.07) is 57.8. The Bertz CT molecular complexity index is 2920. The summed E-state index contributed by atoms with van der Waals surface area (Å²) in [4.78, 5) is 0. The van der Waals surface area contributed by atoms with E-state index in [0.29, 0.717) is 16.7 Å². The van der Waals surface area contributed by atoms with Crippen molar-refractivity contribution in [1.82, 2.24) is 9.13 Å². The van der Waals surface area contributed by atoms with E-state index in [4.69, 9.17) is 0 Å². The Morgan fingerprint density at radius 3 is 1.62 bits per heavy atom. The highest BCUT2D eigenvalue weighted by atomic mass is 15.0. The molecule has 50 heavy (non-hydrogen) atoms. The molecule has 5 nitrogen and oxygen atoms in total. The number of aromatic nitrogens is 2. The van der Waals surface area contributed by atoms with Crippen LogP contribution in [0.5, 0.6) is 0 Å². The second kappa shape index (κ2) is 11.4. The summed E-state index contributed by atoms with van der Waals surface area (Å²) >= 11 is 0. The van der Waals surface area contributed by atoms with Gasteiger partial charge < -0.3 is 9.13 Å². The van der Waals surface area contributed by atoms with Gasteiger partial charge in [0.05, 0.1) is 56.6 Å². The van der Waals surface area contributed by atoms with Gasteiger partial charge in [0, 0.05) is 32.8 Å². The van der Waals surface area contributed by atoms with E-state index in [2.05, 4.69) is 100 Å². The van der Waals surface area contributed by atoms with Crippen molar-refractivity contribution in [2.45, 2.75) is 0 Å². The van der Waals surface area contributed by atoms with Crippen LogP contribution in [0.4, 0.5) is 0 Å². The molecule has 230 valence electrons. The average Bonchev–Trinajstić information content (AvgIpc) is 3.70. The topological polar surface area (TPSA) is 81.2 Å². The van der Waals surface area contributed by atoms with Crippen molar-refractivity contribution in [3.05, 3.63) is 168 Å². The Kier molecular flexibility index (Phi) is 6.56. The molecular weight excluding hydrogens is 611 g/mol. The molecule has 2 heterocycles. The Morgan fingerprint density at radius 1 is 0.380 bits per heavy atom. The van der Waals surface area contributed by atoms with Gasteiger partial charge in [0.15, 0.2) is 0 Å². The van der Waals surface area contributed by atoms with Crippen LogP contribution in [0.2, 0.25) is 0 Å². The summed E-state index contributed by atoms with van der Waals surface area (Å²) in [6.07, 6.45) is 0. The molecule has 0 aliphatic rings. The van der Waals surface area contributed by atoms with Gasteiger partial charge in [-0.05, 0) is 77.4 Å². The smallest absolute Gasteiger partial charge is 0.101 e. The number of hydrogen-bond acceptors (Lipinski definition) is 3. The SMILES string of the molecule is N#Cc1cc(C#N)c(-n2c3ccccc3c3ccccc32)c(-c2ccccc2-c2cccc(-n3c4ccccc4c4cc(C#N)ccc43)c2)c1. The number of para-hydroxylation sites is 3. The zero-order chi connectivity index (χ0) is 33.8. The molecule has 0 saturated carbocycles. The first kappa shape index (κ1) is 28.8. The number of rotatable bonds is 4. The Morgan fingerprint density at radius 2 is 0.960 bits per heavy atom. The molecule has 0 spiro atoms. The number of hydrogen-bond donors (Lipinski definition) is 0. The lowest BCUT2D eigenvalue weighted by Crippen LogP contribution is -2.03. The highest BCUT2D eigenvalue weighted by molar-refractivity contribution is 6.11. The van der Waals surface area contributed by atoms with E-state index in [0.717, 1.165) is 77.2 Å². The van der Waals surface area contributed by atoms with Crippen LogP contribution < -0.4 is 0 Å². The third-order valence-corrected chi connectivity index (χ3v) is 9.60. The van der Waals surface area contributed by atoms with Crippen molar-refractivity contribution >= 4 is 43.6 Å². The van der Waals surface area contributed by atoms with Crippen LogP contribution in [0.25, 0.3) is 77.2 Å². The predicted octanol–water partition coefficient (Wildman–Crippen LogP) is 10.8. The molecule has 2 aromatic heterocycles. The number of nitriles is 3. The minimum atomic E-state index is 0.423. The molecule has 0 atom stereocenters. The zero-order valence-corrected chi connectivity index (χ0v) is 26.7. The van der Waals surface area contributed by atoms with Gasteiger partial charge in [-0.15, -0.1) is 0 Å². The third-order valence-electron chi connectivity index (χ3n) is 9.60. The fourth-order valence-electron chi connectivity index (χ4n) is 7.50. The maximum atomic E-state index is 10.6. The van der Waals surface area contributed by atoms with E-state index in [-0.39, 0.29) is 0 Å². The Balaban J connectivity index is 1.31. The van der Waals surface area contributed by atoms with E-state index < -0.39 is 0 Å². The fourth-order valence-corrected chi connectivity index (χ4v) is 7.50. The molecule has 0 amide bonds. The van der Waals surface area contributed by atoms with Crippen molar-refractivity contribution in [1.29, 1.82) is 15.8 Å². The summed E-state index contributed by atoms with van der Waals surface area (Å²) < 4.78 is 4.41. The lowest BCUT2D eigenvalue weighted by Gasteiger charge is -2.19. The number of fused-ring (bicyclic) bond motifs is 6. The van der Waals surface area contributed by atoms with Crippen molar-refractivity contribution in [3.8, 4) is 51.8 Å². The van der Waals surface area contributed by atoms with Crippen LogP contribution in [0.1, 0.15) is 16.7 Å². The lowest BCUT2D eigenvalue weighted by molar-refractivity contribution is 1.17. The second-order valence-electron chi connectivity index (χ2n) is 12.3. The van der Waals surface area contributed by atoms with Crippen LogP contribution in [0.3, 0.4) is 0 Å². The predicted molar refractivity (Wildman–Crippen MR) is 200 cm³/mol. The normalized spacial score (nSPS) is 11.1. The first-order chi connectivity index (χ1) is 24.7. The van der Waals surface area contributed by atoms with Crippen molar-refractivity contribution in [2.24, 2.45) is 0 Å². The van der Waals surface area contributed by atoms with Gasteiger partial charge in [0.1, 0.15) is 6.07 Å². The lowest BCUT2D eigenvalue weighted by atomic mass is 9.90. The van der Waals surface area contributed by atoms with Crippen LogP contribution in [-0.4, -0.2) is 9.13 Å². The molecule has 0 radical (unpaired) electrons. The molecule has 0 aliphatic carbocycles.